The zero-order valence-corrected chi connectivity index (χ0v) is 16.8. The van der Waals surface area contributed by atoms with Crippen LogP contribution in [0.4, 0.5) is 4.79 Å². The van der Waals surface area contributed by atoms with Crippen molar-refractivity contribution in [3.63, 3.8) is 0 Å². The van der Waals surface area contributed by atoms with E-state index in [4.69, 9.17) is 15.1 Å². The second kappa shape index (κ2) is 9.75. The van der Waals surface area contributed by atoms with Gasteiger partial charge in [-0.05, 0) is 28.8 Å². The number of hydrogen-bond donors (Lipinski definition) is 3. The average molecular weight is 418 g/mol. The standard InChI is InChI=1S/C23H22N4O4/c24-13-16-1-3-17(4-2-16)18-5-7-19(8-6-18)20(14-25)15-26-21(28)23(27-22(29)30)9-11-31-12-10-23/h1-8,20,27H,9-12,15H2,(H,26,28)(H,29,30). The molecular weight excluding hydrogens is 396 g/mol. The average Bonchev–Trinajstić information content (AvgIpc) is 2.80. The van der Waals surface area contributed by atoms with E-state index in [0.717, 1.165) is 16.7 Å². The Morgan fingerprint density at radius 1 is 1.03 bits per heavy atom. The summed E-state index contributed by atoms with van der Waals surface area (Å²) >= 11 is 0. The van der Waals surface area contributed by atoms with Crippen LogP contribution in [0.3, 0.4) is 0 Å². The van der Waals surface area contributed by atoms with Crippen LogP contribution in [0.5, 0.6) is 0 Å². The Morgan fingerprint density at radius 2 is 1.61 bits per heavy atom. The maximum absolute atomic E-state index is 12.8. The van der Waals surface area contributed by atoms with Crippen LogP contribution in [0.15, 0.2) is 48.5 Å². The van der Waals surface area contributed by atoms with Gasteiger partial charge in [0.05, 0.1) is 23.6 Å². The van der Waals surface area contributed by atoms with Crippen LogP contribution in [0, 0.1) is 22.7 Å². The molecule has 0 aromatic heterocycles. The van der Waals surface area contributed by atoms with Crippen molar-refractivity contribution in [3.05, 3.63) is 59.7 Å². The molecule has 1 aliphatic heterocycles. The van der Waals surface area contributed by atoms with E-state index >= 15 is 0 Å². The van der Waals surface area contributed by atoms with Crippen LogP contribution >= 0.6 is 0 Å². The normalized spacial score (nSPS) is 15.7. The lowest BCUT2D eigenvalue weighted by Gasteiger charge is -2.35. The minimum absolute atomic E-state index is 0.0649. The Bertz CT molecular complexity index is 1010. The maximum atomic E-state index is 12.8. The molecule has 0 spiro atoms. The van der Waals surface area contributed by atoms with Crippen LogP contribution in [0.25, 0.3) is 11.1 Å². The summed E-state index contributed by atoms with van der Waals surface area (Å²) in [6.45, 7) is 0.633. The number of nitrogens with one attached hydrogen (secondary N) is 2. The minimum atomic E-state index is -1.27. The number of nitriles is 2. The molecule has 2 aromatic rings. The first kappa shape index (κ1) is 21.8. The monoisotopic (exact) mass is 418 g/mol. The van der Waals surface area contributed by atoms with E-state index in [9.17, 15) is 14.9 Å². The summed E-state index contributed by atoms with van der Waals surface area (Å²) in [6.07, 6.45) is -0.796. The van der Waals surface area contributed by atoms with Crippen molar-refractivity contribution in [2.24, 2.45) is 0 Å². The highest BCUT2D eigenvalue weighted by molar-refractivity contribution is 5.89. The largest absolute Gasteiger partial charge is 0.465 e. The van der Waals surface area contributed by atoms with Crippen LogP contribution < -0.4 is 10.6 Å². The summed E-state index contributed by atoms with van der Waals surface area (Å²) in [7, 11) is 0. The molecule has 1 aliphatic rings. The fourth-order valence-electron chi connectivity index (χ4n) is 3.58. The van der Waals surface area contributed by atoms with Gasteiger partial charge < -0.3 is 20.5 Å². The number of carbonyl (C=O) groups excluding carboxylic acids is 1. The van der Waals surface area contributed by atoms with Crippen LogP contribution in [0.2, 0.25) is 0 Å². The molecule has 1 atom stereocenters. The quantitative estimate of drug-likeness (QED) is 0.660. The van der Waals surface area contributed by atoms with Gasteiger partial charge in [-0.1, -0.05) is 36.4 Å². The Labute approximate surface area is 180 Å². The zero-order valence-electron chi connectivity index (χ0n) is 16.8. The number of nitrogens with zero attached hydrogens (tertiary/aromatic N) is 2. The summed E-state index contributed by atoms with van der Waals surface area (Å²) in [4.78, 5) is 24.0. The lowest BCUT2D eigenvalue weighted by Crippen LogP contribution is -2.61. The molecule has 2 amide bonds. The molecule has 0 aliphatic carbocycles. The molecule has 3 N–H and O–H groups in total. The maximum Gasteiger partial charge on any atom is 0.405 e. The lowest BCUT2D eigenvalue weighted by atomic mass is 9.88. The Kier molecular flexibility index (Phi) is 6.86. The summed E-state index contributed by atoms with van der Waals surface area (Å²) < 4.78 is 5.25. The molecule has 1 saturated heterocycles. The Morgan fingerprint density at radius 3 is 2.13 bits per heavy atom. The van der Waals surface area contributed by atoms with Crippen molar-refractivity contribution < 1.29 is 19.4 Å². The molecule has 31 heavy (non-hydrogen) atoms. The minimum Gasteiger partial charge on any atom is -0.465 e. The number of benzene rings is 2. The van der Waals surface area contributed by atoms with Crippen molar-refractivity contribution in [2.45, 2.75) is 24.3 Å². The van der Waals surface area contributed by atoms with E-state index < -0.39 is 23.5 Å². The Balaban J connectivity index is 1.67. The van der Waals surface area contributed by atoms with Gasteiger partial charge in [0, 0.05) is 32.6 Å². The first-order chi connectivity index (χ1) is 15.0. The van der Waals surface area contributed by atoms with Crippen molar-refractivity contribution >= 4 is 12.0 Å². The molecule has 158 valence electrons. The van der Waals surface area contributed by atoms with Gasteiger partial charge in [-0.3, -0.25) is 4.79 Å². The number of ether oxygens (including phenoxy) is 1. The van der Waals surface area contributed by atoms with E-state index in [0.29, 0.717) is 5.56 Å². The fourth-order valence-corrected chi connectivity index (χ4v) is 3.58. The number of carbonyl (C=O) groups is 2. The van der Waals surface area contributed by atoms with E-state index in [1.165, 1.54) is 0 Å². The fraction of sp³-hybridized carbons (Fsp3) is 0.304. The summed E-state index contributed by atoms with van der Waals surface area (Å²) in [5.41, 5.74) is 1.98. The molecule has 0 radical (unpaired) electrons. The predicted octanol–water partition coefficient (Wildman–Crippen LogP) is 2.77. The molecule has 1 heterocycles. The van der Waals surface area contributed by atoms with E-state index in [2.05, 4.69) is 22.8 Å². The topological polar surface area (TPSA) is 135 Å². The van der Waals surface area contributed by atoms with E-state index in [1.807, 2.05) is 36.4 Å². The van der Waals surface area contributed by atoms with Gasteiger partial charge in [0.15, 0.2) is 0 Å². The highest BCUT2D eigenvalue weighted by Gasteiger charge is 2.41. The second-order valence-corrected chi connectivity index (χ2v) is 7.33. The van der Waals surface area contributed by atoms with Gasteiger partial charge in [0.1, 0.15) is 5.54 Å². The summed E-state index contributed by atoms with van der Waals surface area (Å²) in [6, 6.07) is 18.9. The molecule has 2 aromatic carbocycles. The SMILES string of the molecule is N#Cc1ccc(-c2ccc(C(C#N)CNC(=O)C3(NC(=O)O)CCOCC3)cc2)cc1. The number of carboxylic acid groups (broad SMARTS) is 1. The van der Waals surface area contributed by atoms with Gasteiger partial charge >= 0.3 is 6.09 Å². The van der Waals surface area contributed by atoms with Gasteiger partial charge in [0.2, 0.25) is 5.91 Å². The first-order valence-corrected chi connectivity index (χ1v) is 9.85. The molecule has 3 rings (SSSR count). The molecule has 8 heteroatoms. The molecule has 1 unspecified atom stereocenters. The van der Waals surface area contributed by atoms with Crippen LogP contribution in [-0.2, 0) is 9.53 Å². The van der Waals surface area contributed by atoms with Crippen molar-refractivity contribution in [2.75, 3.05) is 19.8 Å². The number of amides is 2. The third kappa shape index (κ3) is 5.19. The highest BCUT2D eigenvalue weighted by atomic mass is 16.5. The molecule has 0 bridgehead atoms. The molecule has 0 saturated carbocycles. The van der Waals surface area contributed by atoms with Crippen molar-refractivity contribution in [1.29, 1.82) is 10.5 Å². The molecule has 1 fully saturated rings. The van der Waals surface area contributed by atoms with Crippen LogP contribution in [-0.4, -0.2) is 42.4 Å². The lowest BCUT2D eigenvalue weighted by molar-refractivity contribution is -0.131. The smallest absolute Gasteiger partial charge is 0.405 e. The van der Waals surface area contributed by atoms with Crippen molar-refractivity contribution in [3.8, 4) is 23.3 Å². The third-order valence-corrected chi connectivity index (χ3v) is 5.41. The third-order valence-electron chi connectivity index (χ3n) is 5.41. The van der Waals surface area contributed by atoms with Crippen LogP contribution in [0.1, 0.15) is 29.9 Å². The van der Waals surface area contributed by atoms with Gasteiger partial charge in [0.25, 0.3) is 0 Å². The van der Waals surface area contributed by atoms with Gasteiger partial charge in [-0.15, -0.1) is 0 Å². The highest BCUT2D eigenvalue weighted by Crippen LogP contribution is 2.24. The van der Waals surface area contributed by atoms with Gasteiger partial charge in [-0.25, -0.2) is 4.79 Å². The predicted molar refractivity (Wildman–Crippen MR) is 112 cm³/mol. The molecule has 8 nitrogen and oxygen atoms in total. The first-order valence-electron chi connectivity index (χ1n) is 9.85. The number of rotatable bonds is 6. The second-order valence-electron chi connectivity index (χ2n) is 7.33. The van der Waals surface area contributed by atoms with E-state index in [1.54, 1.807) is 12.1 Å². The molecular formula is C23H22N4O4. The Hall–Kier alpha value is -3.88. The van der Waals surface area contributed by atoms with Crippen molar-refractivity contribution in [1.82, 2.24) is 10.6 Å². The zero-order chi connectivity index (χ0) is 22.3. The number of hydrogen-bond acceptors (Lipinski definition) is 5. The summed E-state index contributed by atoms with van der Waals surface area (Å²) in [5, 5.41) is 32.7. The van der Waals surface area contributed by atoms with E-state index in [-0.39, 0.29) is 32.6 Å². The summed E-state index contributed by atoms with van der Waals surface area (Å²) in [5.74, 6) is -1.03. The van der Waals surface area contributed by atoms with Gasteiger partial charge in [-0.2, -0.15) is 10.5 Å².